The number of aliphatic carboxylic acids is 1. The second-order valence-corrected chi connectivity index (χ2v) is 5.85. The van der Waals surface area contributed by atoms with E-state index >= 15 is 0 Å². The zero-order valence-corrected chi connectivity index (χ0v) is 11.7. The number of carbonyl (C=O) groups is 1. The second kappa shape index (κ2) is 7.10. The lowest BCUT2D eigenvalue weighted by Gasteiger charge is -1.99. The van der Waals surface area contributed by atoms with E-state index in [0.29, 0.717) is 0 Å². The fourth-order valence-corrected chi connectivity index (χ4v) is 3.08. The Morgan fingerprint density at radius 1 is 0.947 bits per heavy atom. The Morgan fingerprint density at radius 2 is 1.63 bits per heavy atom. The molecule has 0 bridgehead atoms. The molecule has 0 radical (unpaired) electrons. The van der Waals surface area contributed by atoms with Crippen molar-refractivity contribution in [1.82, 2.24) is 0 Å². The molecule has 0 aliphatic heterocycles. The highest BCUT2D eigenvalue weighted by molar-refractivity contribution is 7.11. The minimum absolute atomic E-state index is 0.261. The maximum absolute atomic E-state index is 10.5. The molecule has 2 nitrogen and oxygen atoms in total. The lowest BCUT2D eigenvalue weighted by atomic mass is 10.1. The molecule has 2 rings (SSSR count). The Balaban J connectivity index is 1.79. The van der Waals surface area contributed by atoms with Crippen LogP contribution in [0.1, 0.15) is 28.2 Å². The maximum Gasteiger partial charge on any atom is 0.303 e. The summed E-state index contributed by atoms with van der Waals surface area (Å²) in [5.41, 5.74) is 1.36. The van der Waals surface area contributed by atoms with Crippen molar-refractivity contribution >= 4 is 17.3 Å². The highest BCUT2D eigenvalue weighted by Crippen LogP contribution is 2.20. The molecule has 0 aliphatic rings. The molecule has 0 saturated heterocycles. The van der Waals surface area contributed by atoms with Crippen LogP contribution in [0.2, 0.25) is 0 Å². The molecule has 2 aromatic rings. The summed E-state index contributed by atoms with van der Waals surface area (Å²) in [7, 11) is 0. The zero-order valence-electron chi connectivity index (χ0n) is 10.8. The van der Waals surface area contributed by atoms with Gasteiger partial charge in [0, 0.05) is 16.2 Å². The molecule has 1 aromatic carbocycles. The zero-order chi connectivity index (χ0) is 13.5. The summed E-state index contributed by atoms with van der Waals surface area (Å²) in [5.74, 6) is -0.708. The van der Waals surface area contributed by atoms with Gasteiger partial charge in [-0.25, -0.2) is 0 Å². The van der Waals surface area contributed by atoms with Crippen LogP contribution in [0.5, 0.6) is 0 Å². The van der Waals surface area contributed by atoms with Crippen LogP contribution in [-0.2, 0) is 24.1 Å². The molecule has 1 N–H and O–H groups in total. The summed E-state index contributed by atoms with van der Waals surface area (Å²) in [4.78, 5) is 13.1. The van der Waals surface area contributed by atoms with Crippen LogP contribution in [-0.4, -0.2) is 11.1 Å². The third-order valence-electron chi connectivity index (χ3n) is 3.03. The lowest BCUT2D eigenvalue weighted by Crippen LogP contribution is -1.94. The van der Waals surface area contributed by atoms with Gasteiger partial charge in [0.1, 0.15) is 0 Å². The van der Waals surface area contributed by atoms with Crippen molar-refractivity contribution in [3.05, 3.63) is 57.8 Å². The van der Waals surface area contributed by atoms with Crippen LogP contribution in [0.3, 0.4) is 0 Å². The monoisotopic (exact) mass is 274 g/mol. The van der Waals surface area contributed by atoms with Gasteiger partial charge < -0.3 is 5.11 Å². The Hall–Kier alpha value is -1.61. The third-order valence-corrected chi connectivity index (χ3v) is 4.24. The van der Waals surface area contributed by atoms with Gasteiger partial charge in [-0.05, 0) is 43.4 Å². The lowest BCUT2D eigenvalue weighted by molar-refractivity contribution is -0.137. The van der Waals surface area contributed by atoms with Gasteiger partial charge in [-0.3, -0.25) is 4.79 Å². The molecule has 0 spiro atoms. The number of carboxylic acids is 1. The molecule has 100 valence electrons. The van der Waals surface area contributed by atoms with Crippen molar-refractivity contribution in [2.75, 3.05) is 0 Å². The predicted octanol–water partition coefficient (Wildman–Crippen LogP) is 3.94. The van der Waals surface area contributed by atoms with Crippen LogP contribution in [0, 0.1) is 0 Å². The summed E-state index contributed by atoms with van der Waals surface area (Å²) in [6, 6.07) is 14.8. The summed E-state index contributed by atoms with van der Waals surface area (Å²) >= 11 is 1.81. The average molecular weight is 274 g/mol. The van der Waals surface area contributed by atoms with E-state index in [1.54, 1.807) is 0 Å². The molecule has 0 unspecified atom stereocenters. The SMILES string of the molecule is O=C(O)CCCc1ccc(CCc2ccccc2)s1. The maximum atomic E-state index is 10.5. The Labute approximate surface area is 117 Å². The molecule has 0 fully saturated rings. The number of hydrogen-bond acceptors (Lipinski definition) is 2. The van der Waals surface area contributed by atoms with Crippen molar-refractivity contribution in [2.24, 2.45) is 0 Å². The van der Waals surface area contributed by atoms with Crippen molar-refractivity contribution in [2.45, 2.75) is 32.1 Å². The molecule has 3 heteroatoms. The van der Waals surface area contributed by atoms with E-state index in [2.05, 4.69) is 36.4 Å². The molecular weight excluding hydrogens is 256 g/mol. The fraction of sp³-hybridized carbons (Fsp3) is 0.312. The first-order valence-electron chi connectivity index (χ1n) is 6.57. The number of hydrogen-bond donors (Lipinski definition) is 1. The quantitative estimate of drug-likeness (QED) is 0.830. The van der Waals surface area contributed by atoms with Crippen LogP contribution < -0.4 is 0 Å². The number of thiophene rings is 1. The number of benzene rings is 1. The summed E-state index contributed by atoms with van der Waals surface area (Å²) in [6.45, 7) is 0. The molecular formula is C16H18O2S. The summed E-state index contributed by atoms with van der Waals surface area (Å²) in [5, 5.41) is 8.61. The van der Waals surface area contributed by atoms with Gasteiger partial charge >= 0.3 is 5.97 Å². The van der Waals surface area contributed by atoms with E-state index in [1.165, 1.54) is 15.3 Å². The predicted molar refractivity (Wildman–Crippen MR) is 78.7 cm³/mol. The number of aryl methyl sites for hydroxylation is 3. The van der Waals surface area contributed by atoms with E-state index in [0.717, 1.165) is 25.7 Å². The Kier molecular flexibility index (Phi) is 5.16. The molecule has 0 saturated carbocycles. The van der Waals surface area contributed by atoms with Crippen LogP contribution in [0.4, 0.5) is 0 Å². The minimum atomic E-state index is -0.708. The van der Waals surface area contributed by atoms with Gasteiger partial charge in [0.25, 0.3) is 0 Å². The second-order valence-electron chi connectivity index (χ2n) is 4.60. The molecule has 0 amide bonds. The van der Waals surface area contributed by atoms with Crippen LogP contribution in [0.25, 0.3) is 0 Å². The van der Waals surface area contributed by atoms with E-state index in [4.69, 9.17) is 5.11 Å². The average Bonchev–Trinajstić information content (AvgIpc) is 2.85. The van der Waals surface area contributed by atoms with Crippen molar-refractivity contribution in [1.29, 1.82) is 0 Å². The highest BCUT2D eigenvalue weighted by atomic mass is 32.1. The Bertz CT molecular complexity index is 517. The first-order chi connectivity index (χ1) is 9.24. The first kappa shape index (κ1) is 13.8. The molecule has 1 aromatic heterocycles. The number of carboxylic acid groups (broad SMARTS) is 1. The molecule has 1 heterocycles. The normalized spacial score (nSPS) is 10.5. The molecule has 0 aliphatic carbocycles. The Morgan fingerprint density at radius 3 is 2.32 bits per heavy atom. The standard InChI is InChI=1S/C16H18O2S/c17-16(18)8-4-7-14-11-12-15(19-14)10-9-13-5-2-1-3-6-13/h1-3,5-6,11-12H,4,7-10H2,(H,17,18). The third kappa shape index (κ3) is 4.87. The summed E-state index contributed by atoms with van der Waals surface area (Å²) in [6.07, 6.45) is 4.00. The van der Waals surface area contributed by atoms with Crippen LogP contribution in [0.15, 0.2) is 42.5 Å². The molecule has 19 heavy (non-hydrogen) atoms. The minimum Gasteiger partial charge on any atom is -0.481 e. The van der Waals surface area contributed by atoms with Crippen molar-refractivity contribution in [3.63, 3.8) is 0 Å². The van der Waals surface area contributed by atoms with E-state index in [-0.39, 0.29) is 6.42 Å². The van der Waals surface area contributed by atoms with Gasteiger partial charge in [-0.2, -0.15) is 0 Å². The summed E-state index contributed by atoms with van der Waals surface area (Å²) < 4.78 is 0. The van der Waals surface area contributed by atoms with Gasteiger partial charge in [0.2, 0.25) is 0 Å². The van der Waals surface area contributed by atoms with E-state index < -0.39 is 5.97 Å². The fourth-order valence-electron chi connectivity index (χ4n) is 2.02. The highest BCUT2D eigenvalue weighted by Gasteiger charge is 2.03. The van der Waals surface area contributed by atoms with E-state index in [9.17, 15) is 4.79 Å². The van der Waals surface area contributed by atoms with Gasteiger partial charge in [-0.1, -0.05) is 30.3 Å². The van der Waals surface area contributed by atoms with Crippen molar-refractivity contribution < 1.29 is 9.90 Å². The first-order valence-corrected chi connectivity index (χ1v) is 7.39. The van der Waals surface area contributed by atoms with Gasteiger partial charge in [0.15, 0.2) is 0 Å². The largest absolute Gasteiger partial charge is 0.481 e. The van der Waals surface area contributed by atoms with Gasteiger partial charge in [0.05, 0.1) is 0 Å². The van der Waals surface area contributed by atoms with Gasteiger partial charge in [-0.15, -0.1) is 11.3 Å². The van der Waals surface area contributed by atoms with Crippen molar-refractivity contribution in [3.8, 4) is 0 Å². The van der Waals surface area contributed by atoms with Crippen LogP contribution >= 0.6 is 11.3 Å². The number of rotatable bonds is 7. The van der Waals surface area contributed by atoms with E-state index in [1.807, 2.05) is 17.4 Å². The smallest absolute Gasteiger partial charge is 0.303 e. The topological polar surface area (TPSA) is 37.3 Å². The molecule has 0 atom stereocenters.